The molecule has 0 bridgehead atoms. The largest absolute Gasteiger partial charge is 0.480 e. The van der Waals surface area contributed by atoms with Crippen LogP contribution >= 0.6 is 0 Å². The van der Waals surface area contributed by atoms with Gasteiger partial charge in [0.15, 0.2) is 0 Å². The second kappa shape index (κ2) is 4.07. The van der Waals surface area contributed by atoms with Gasteiger partial charge < -0.3 is 10.8 Å². The van der Waals surface area contributed by atoms with Crippen LogP contribution in [-0.2, 0) is 4.79 Å². The maximum Gasteiger partial charge on any atom is 0.322 e. The van der Waals surface area contributed by atoms with E-state index in [9.17, 15) is 4.79 Å². The van der Waals surface area contributed by atoms with Gasteiger partial charge >= 0.3 is 5.97 Å². The molecule has 3 atom stereocenters. The van der Waals surface area contributed by atoms with Crippen LogP contribution in [0.25, 0.3) is 0 Å². The van der Waals surface area contributed by atoms with E-state index in [1.165, 1.54) is 0 Å². The van der Waals surface area contributed by atoms with Crippen molar-refractivity contribution in [1.82, 2.24) is 4.90 Å². The van der Waals surface area contributed by atoms with E-state index in [1.54, 1.807) is 0 Å². The zero-order valence-electron chi connectivity index (χ0n) is 8.23. The molecule has 1 saturated heterocycles. The summed E-state index contributed by atoms with van der Waals surface area (Å²) in [5.41, 5.74) is 5.56. The summed E-state index contributed by atoms with van der Waals surface area (Å²) in [6.45, 7) is 4.99. The molecule has 0 radical (unpaired) electrons. The van der Waals surface area contributed by atoms with Crippen molar-refractivity contribution in [3.63, 3.8) is 0 Å². The zero-order valence-corrected chi connectivity index (χ0v) is 8.23. The summed E-state index contributed by atoms with van der Waals surface area (Å²) in [5, 5.41) is 8.75. The van der Waals surface area contributed by atoms with E-state index in [2.05, 4.69) is 11.8 Å². The standard InChI is InChI=1S/C9H18N2O2/c1-6-4-3-5-11(6)7(2)8(10)9(12)13/h6-8H,3-5,10H2,1-2H3,(H,12,13). The number of rotatable bonds is 3. The van der Waals surface area contributed by atoms with Crippen molar-refractivity contribution in [3.8, 4) is 0 Å². The molecule has 1 heterocycles. The van der Waals surface area contributed by atoms with Gasteiger partial charge in [-0.2, -0.15) is 0 Å². The van der Waals surface area contributed by atoms with Crippen molar-refractivity contribution >= 4 is 5.97 Å². The van der Waals surface area contributed by atoms with E-state index >= 15 is 0 Å². The van der Waals surface area contributed by atoms with E-state index in [-0.39, 0.29) is 6.04 Å². The molecular formula is C9H18N2O2. The lowest BCUT2D eigenvalue weighted by atomic mass is 10.1. The minimum Gasteiger partial charge on any atom is -0.480 e. The van der Waals surface area contributed by atoms with Gasteiger partial charge in [0, 0.05) is 12.1 Å². The number of aliphatic carboxylic acids is 1. The highest BCUT2D eigenvalue weighted by Crippen LogP contribution is 2.20. The Hall–Kier alpha value is -0.610. The van der Waals surface area contributed by atoms with Crippen molar-refractivity contribution in [3.05, 3.63) is 0 Å². The summed E-state index contributed by atoms with van der Waals surface area (Å²) in [6.07, 6.45) is 2.30. The second-order valence-corrected chi connectivity index (χ2v) is 3.83. The highest BCUT2D eigenvalue weighted by molar-refractivity contribution is 5.74. The number of nitrogens with two attached hydrogens (primary N) is 1. The lowest BCUT2D eigenvalue weighted by Crippen LogP contribution is -2.51. The van der Waals surface area contributed by atoms with Gasteiger partial charge in [-0.15, -0.1) is 0 Å². The van der Waals surface area contributed by atoms with Crippen molar-refractivity contribution in [2.24, 2.45) is 5.73 Å². The molecule has 76 valence electrons. The summed E-state index contributed by atoms with van der Waals surface area (Å²) in [4.78, 5) is 12.8. The monoisotopic (exact) mass is 186 g/mol. The first-order valence-corrected chi connectivity index (χ1v) is 4.78. The van der Waals surface area contributed by atoms with Crippen LogP contribution in [0.4, 0.5) is 0 Å². The third kappa shape index (κ3) is 2.19. The third-order valence-corrected chi connectivity index (χ3v) is 2.93. The molecule has 3 N–H and O–H groups in total. The fourth-order valence-corrected chi connectivity index (χ4v) is 1.97. The molecule has 0 aromatic heterocycles. The van der Waals surface area contributed by atoms with Crippen molar-refractivity contribution in [2.75, 3.05) is 6.54 Å². The van der Waals surface area contributed by atoms with Crippen LogP contribution in [0.2, 0.25) is 0 Å². The summed E-state index contributed by atoms with van der Waals surface area (Å²) >= 11 is 0. The highest BCUT2D eigenvalue weighted by atomic mass is 16.4. The third-order valence-electron chi connectivity index (χ3n) is 2.93. The number of carbonyl (C=O) groups is 1. The molecule has 13 heavy (non-hydrogen) atoms. The average molecular weight is 186 g/mol. The predicted molar refractivity (Wildman–Crippen MR) is 50.5 cm³/mol. The first-order valence-electron chi connectivity index (χ1n) is 4.78. The smallest absolute Gasteiger partial charge is 0.322 e. The minimum atomic E-state index is -0.911. The maximum atomic E-state index is 10.7. The van der Waals surface area contributed by atoms with Crippen LogP contribution in [0.5, 0.6) is 0 Å². The second-order valence-electron chi connectivity index (χ2n) is 3.83. The lowest BCUT2D eigenvalue weighted by molar-refractivity contribution is -0.140. The van der Waals surface area contributed by atoms with Crippen LogP contribution < -0.4 is 5.73 Å². The molecule has 0 aromatic rings. The van der Waals surface area contributed by atoms with Crippen LogP contribution in [0.3, 0.4) is 0 Å². The Morgan fingerprint density at radius 2 is 2.31 bits per heavy atom. The van der Waals surface area contributed by atoms with E-state index in [1.807, 2.05) is 6.92 Å². The highest BCUT2D eigenvalue weighted by Gasteiger charge is 2.31. The van der Waals surface area contributed by atoms with E-state index in [0.717, 1.165) is 19.4 Å². The Bertz CT molecular complexity index is 196. The Morgan fingerprint density at radius 1 is 1.69 bits per heavy atom. The molecule has 1 aliphatic rings. The topological polar surface area (TPSA) is 66.6 Å². The molecule has 1 aliphatic heterocycles. The Morgan fingerprint density at radius 3 is 2.69 bits per heavy atom. The van der Waals surface area contributed by atoms with Crippen molar-refractivity contribution in [2.45, 2.75) is 44.8 Å². The minimum absolute atomic E-state index is 0.0602. The average Bonchev–Trinajstić information content (AvgIpc) is 2.48. The molecule has 0 aromatic carbocycles. The Balaban J connectivity index is 2.55. The molecule has 4 heteroatoms. The SMILES string of the molecule is CC1CCCN1C(C)C(N)C(=O)O. The van der Waals surface area contributed by atoms with Gasteiger partial charge in [0.1, 0.15) is 6.04 Å². The number of carboxylic acids is 1. The van der Waals surface area contributed by atoms with Crippen molar-refractivity contribution < 1.29 is 9.90 Å². The molecular weight excluding hydrogens is 168 g/mol. The number of nitrogens with zero attached hydrogens (tertiary/aromatic N) is 1. The van der Waals surface area contributed by atoms with Gasteiger partial charge in [-0.3, -0.25) is 9.69 Å². The van der Waals surface area contributed by atoms with Gasteiger partial charge in [-0.1, -0.05) is 0 Å². The molecule has 3 unspecified atom stereocenters. The van der Waals surface area contributed by atoms with Gasteiger partial charge in [-0.05, 0) is 33.2 Å². The number of hydrogen-bond acceptors (Lipinski definition) is 3. The van der Waals surface area contributed by atoms with Crippen LogP contribution in [0.15, 0.2) is 0 Å². The first kappa shape index (κ1) is 10.5. The first-order chi connectivity index (χ1) is 6.04. The summed E-state index contributed by atoms with van der Waals surface area (Å²) in [7, 11) is 0. The van der Waals surface area contributed by atoms with Crippen molar-refractivity contribution in [1.29, 1.82) is 0 Å². The fraction of sp³-hybridized carbons (Fsp3) is 0.889. The van der Waals surface area contributed by atoms with Gasteiger partial charge in [-0.25, -0.2) is 0 Å². The van der Waals surface area contributed by atoms with Crippen LogP contribution in [0.1, 0.15) is 26.7 Å². The molecule has 1 fully saturated rings. The molecule has 0 saturated carbocycles. The zero-order chi connectivity index (χ0) is 10.0. The maximum absolute atomic E-state index is 10.7. The predicted octanol–water partition coefficient (Wildman–Crippen LogP) is 0.271. The van der Waals surface area contributed by atoms with Gasteiger partial charge in [0.25, 0.3) is 0 Å². The quantitative estimate of drug-likeness (QED) is 0.664. The molecule has 0 aliphatic carbocycles. The van der Waals surface area contributed by atoms with E-state index in [4.69, 9.17) is 10.8 Å². The Kier molecular flexibility index (Phi) is 3.27. The Labute approximate surface area is 78.7 Å². The van der Waals surface area contributed by atoms with Gasteiger partial charge in [0.05, 0.1) is 0 Å². The number of hydrogen-bond donors (Lipinski definition) is 2. The number of likely N-dealkylation sites (tertiary alicyclic amines) is 1. The number of carboxylic acid groups (broad SMARTS) is 1. The normalized spacial score (nSPS) is 28.7. The van der Waals surface area contributed by atoms with E-state index in [0.29, 0.717) is 6.04 Å². The summed E-state index contributed by atoms with van der Waals surface area (Å²) < 4.78 is 0. The molecule has 4 nitrogen and oxygen atoms in total. The molecule has 0 spiro atoms. The van der Waals surface area contributed by atoms with Gasteiger partial charge in [0.2, 0.25) is 0 Å². The fourth-order valence-electron chi connectivity index (χ4n) is 1.97. The van der Waals surface area contributed by atoms with Crippen LogP contribution in [-0.4, -0.2) is 40.6 Å². The summed E-state index contributed by atoms with van der Waals surface area (Å²) in [5.74, 6) is -0.911. The molecule has 0 amide bonds. The lowest BCUT2D eigenvalue weighted by Gasteiger charge is -2.30. The molecule has 1 rings (SSSR count). The van der Waals surface area contributed by atoms with Crippen LogP contribution in [0, 0.1) is 0 Å². The van der Waals surface area contributed by atoms with E-state index < -0.39 is 12.0 Å². The summed E-state index contributed by atoms with van der Waals surface area (Å²) in [6, 6.07) is -0.351.